The summed E-state index contributed by atoms with van der Waals surface area (Å²) in [6.07, 6.45) is 0. The summed E-state index contributed by atoms with van der Waals surface area (Å²) in [5.74, 6) is 1.45. The van der Waals surface area contributed by atoms with Gasteiger partial charge in [0.15, 0.2) is 6.61 Å². The molecule has 0 aliphatic rings. The van der Waals surface area contributed by atoms with Gasteiger partial charge in [-0.15, -0.1) is 0 Å². The minimum absolute atomic E-state index is 0.0290. The van der Waals surface area contributed by atoms with Crippen LogP contribution in [-0.4, -0.2) is 29.6 Å². The van der Waals surface area contributed by atoms with Crippen molar-refractivity contribution in [3.63, 3.8) is 0 Å². The predicted octanol–water partition coefficient (Wildman–Crippen LogP) is 3.68. The van der Waals surface area contributed by atoms with E-state index in [4.69, 9.17) is 16.3 Å². The zero-order valence-electron chi connectivity index (χ0n) is 12.5. The minimum Gasteiger partial charge on any atom is -0.484 e. The highest BCUT2D eigenvalue weighted by molar-refractivity contribution is 8.00. The Bertz CT molecular complexity index is 458. The van der Waals surface area contributed by atoms with Gasteiger partial charge >= 0.3 is 0 Å². The molecule has 20 heavy (non-hydrogen) atoms. The molecule has 0 aliphatic heterocycles. The number of benzene rings is 1. The van der Waals surface area contributed by atoms with Crippen LogP contribution in [0, 0.1) is 6.92 Å². The van der Waals surface area contributed by atoms with Crippen LogP contribution in [0.4, 0.5) is 0 Å². The molecule has 0 unspecified atom stereocenters. The quantitative estimate of drug-likeness (QED) is 0.814. The standard InChI is InChI=1S/C15H22ClNO2S/c1-11-9-12(5-6-13(11)16)19-10-14(18)17-7-8-20-15(2,3)4/h5-6,9H,7-8,10H2,1-4H3,(H,17,18). The van der Waals surface area contributed by atoms with E-state index in [0.29, 0.717) is 17.3 Å². The van der Waals surface area contributed by atoms with Crippen LogP contribution in [0.2, 0.25) is 5.02 Å². The van der Waals surface area contributed by atoms with Gasteiger partial charge in [-0.2, -0.15) is 11.8 Å². The first-order valence-electron chi connectivity index (χ1n) is 6.57. The van der Waals surface area contributed by atoms with Crippen LogP contribution >= 0.6 is 23.4 Å². The summed E-state index contributed by atoms with van der Waals surface area (Å²) in [6.45, 7) is 9.06. The Morgan fingerprint density at radius 3 is 2.70 bits per heavy atom. The van der Waals surface area contributed by atoms with Gasteiger partial charge in [-0.3, -0.25) is 4.79 Å². The van der Waals surface area contributed by atoms with Crippen LogP contribution in [0.25, 0.3) is 0 Å². The molecule has 1 N–H and O–H groups in total. The van der Waals surface area contributed by atoms with Crippen molar-refractivity contribution < 1.29 is 9.53 Å². The van der Waals surface area contributed by atoms with Crippen molar-refractivity contribution in [1.82, 2.24) is 5.32 Å². The van der Waals surface area contributed by atoms with E-state index in [1.165, 1.54) is 0 Å². The number of thioether (sulfide) groups is 1. The fourth-order valence-electron chi connectivity index (χ4n) is 1.45. The summed E-state index contributed by atoms with van der Waals surface area (Å²) in [5.41, 5.74) is 0.936. The molecular weight excluding hydrogens is 294 g/mol. The fourth-order valence-corrected chi connectivity index (χ4v) is 2.39. The molecular formula is C15H22ClNO2S. The largest absolute Gasteiger partial charge is 0.484 e. The lowest BCUT2D eigenvalue weighted by Gasteiger charge is -2.17. The van der Waals surface area contributed by atoms with E-state index in [1.54, 1.807) is 12.1 Å². The molecule has 0 saturated heterocycles. The SMILES string of the molecule is Cc1cc(OCC(=O)NCCSC(C)(C)C)ccc1Cl. The molecule has 0 heterocycles. The second-order valence-corrected chi connectivity index (χ2v) is 7.84. The lowest BCUT2D eigenvalue weighted by Crippen LogP contribution is -2.31. The number of carbonyl (C=O) groups is 1. The fraction of sp³-hybridized carbons (Fsp3) is 0.533. The van der Waals surface area contributed by atoms with Crippen LogP contribution in [-0.2, 0) is 4.79 Å². The van der Waals surface area contributed by atoms with E-state index >= 15 is 0 Å². The second-order valence-electron chi connectivity index (χ2n) is 5.51. The first-order valence-corrected chi connectivity index (χ1v) is 7.94. The van der Waals surface area contributed by atoms with Gasteiger partial charge in [0, 0.05) is 22.1 Å². The molecule has 0 fully saturated rings. The van der Waals surface area contributed by atoms with E-state index in [0.717, 1.165) is 11.3 Å². The number of halogens is 1. The summed E-state index contributed by atoms with van der Waals surface area (Å²) in [5, 5.41) is 3.54. The van der Waals surface area contributed by atoms with Crippen molar-refractivity contribution >= 4 is 29.3 Å². The maximum atomic E-state index is 11.6. The molecule has 1 aromatic rings. The van der Waals surface area contributed by atoms with E-state index in [2.05, 4.69) is 26.1 Å². The normalized spacial score (nSPS) is 11.2. The molecule has 0 bridgehead atoms. The Labute approximate surface area is 130 Å². The van der Waals surface area contributed by atoms with Crippen LogP contribution in [0.1, 0.15) is 26.3 Å². The Balaban J connectivity index is 2.24. The minimum atomic E-state index is -0.105. The molecule has 112 valence electrons. The van der Waals surface area contributed by atoms with Crippen LogP contribution in [0.5, 0.6) is 5.75 Å². The molecule has 1 aromatic carbocycles. The number of amides is 1. The molecule has 3 nitrogen and oxygen atoms in total. The van der Waals surface area contributed by atoms with Gasteiger partial charge in [0.05, 0.1) is 0 Å². The molecule has 0 aromatic heterocycles. The second kappa shape index (κ2) is 7.79. The molecule has 0 saturated carbocycles. The van der Waals surface area contributed by atoms with Crippen LogP contribution in [0.15, 0.2) is 18.2 Å². The predicted molar refractivity (Wildman–Crippen MR) is 86.9 cm³/mol. The lowest BCUT2D eigenvalue weighted by atomic mass is 10.2. The van der Waals surface area contributed by atoms with Gasteiger partial charge in [-0.1, -0.05) is 32.4 Å². The Morgan fingerprint density at radius 2 is 2.10 bits per heavy atom. The van der Waals surface area contributed by atoms with Crippen molar-refractivity contribution in [3.8, 4) is 5.75 Å². The van der Waals surface area contributed by atoms with Crippen LogP contribution < -0.4 is 10.1 Å². The Hall–Kier alpha value is -0.870. The van der Waals surface area contributed by atoms with Crippen molar-refractivity contribution in [2.24, 2.45) is 0 Å². The molecule has 5 heteroatoms. The van der Waals surface area contributed by atoms with Crippen molar-refractivity contribution in [2.45, 2.75) is 32.4 Å². The third-order valence-electron chi connectivity index (χ3n) is 2.46. The number of carbonyl (C=O) groups excluding carboxylic acids is 1. The van der Waals surface area contributed by atoms with Gasteiger partial charge in [0.2, 0.25) is 0 Å². The molecule has 1 rings (SSSR count). The number of nitrogens with one attached hydrogen (secondary N) is 1. The highest BCUT2D eigenvalue weighted by Crippen LogP contribution is 2.22. The van der Waals surface area contributed by atoms with Gasteiger partial charge < -0.3 is 10.1 Å². The van der Waals surface area contributed by atoms with E-state index < -0.39 is 0 Å². The van der Waals surface area contributed by atoms with E-state index in [9.17, 15) is 4.79 Å². The maximum Gasteiger partial charge on any atom is 0.257 e. The van der Waals surface area contributed by atoms with Crippen molar-refractivity contribution in [3.05, 3.63) is 28.8 Å². The number of ether oxygens (including phenoxy) is 1. The average Bonchev–Trinajstić information content (AvgIpc) is 2.35. The first-order chi connectivity index (χ1) is 9.28. The average molecular weight is 316 g/mol. The molecule has 0 atom stereocenters. The molecule has 0 aliphatic carbocycles. The first kappa shape index (κ1) is 17.2. The zero-order chi connectivity index (χ0) is 15.2. The number of hydrogen-bond acceptors (Lipinski definition) is 3. The Kier molecular flexibility index (Phi) is 6.69. The van der Waals surface area contributed by atoms with Crippen molar-refractivity contribution in [1.29, 1.82) is 0 Å². The third-order valence-corrected chi connectivity index (χ3v) is 4.16. The molecule has 0 spiro atoms. The van der Waals surface area contributed by atoms with Gasteiger partial charge in [0.1, 0.15) is 5.75 Å². The topological polar surface area (TPSA) is 38.3 Å². The number of aryl methyl sites for hydroxylation is 1. The van der Waals surface area contributed by atoms with Crippen LogP contribution in [0.3, 0.4) is 0 Å². The number of hydrogen-bond donors (Lipinski definition) is 1. The van der Waals surface area contributed by atoms with Gasteiger partial charge in [0.25, 0.3) is 5.91 Å². The van der Waals surface area contributed by atoms with E-state index in [-0.39, 0.29) is 17.3 Å². The molecule has 1 amide bonds. The highest BCUT2D eigenvalue weighted by atomic mass is 35.5. The molecule has 0 radical (unpaired) electrons. The zero-order valence-corrected chi connectivity index (χ0v) is 14.0. The number of rotatable bonds is 6. The highest BCUT2D eigenvalue weighted by Gasteiger charge is 2.10. The third kappa shape index (κ3) is 7.06. The monoisotopic (exact) mass is 315 g/mol. The summed E-state index contributed by atoms with van der Waals surface area (Å²) in [4.78, 5) is 11.6. The summed E-state index contributed by atoms with van der Waals surface area (Å²) < 4.78 is 5.65. The summed E-state index contributed by atoms with van der Waals surface area (Å²) in [6, 6.07) is 5.35. The maximum absolute atomic E-state index is 11.6. The van der Waals surface area contributed by atoms with Gasteiger partial charge in [-0.05, 0) is 30.7 Å². The summed E-state index contributed by atoms with van der Waals surface area (Å²) in [7, 11) is 0. The van der Waals surface area contributed by atoms with Gasteiger partial charge in [-0.25, -0.2) is 0 Å². The summed E-state index contributed by atoms with van der Waals surface area (Å²) >= 11 is 7.75. The lowest BCUT2D eigenvalue weighted by molar-refractivity contribution is -0.122. The Morgan fingerprint density at radius 1 is 1.40 bits per heavy atom. The van der Waals surface area contributed by atoms with Crippen molar-refractivity contribution in [2.75, 3.05) is 18.9 Å². The van der Waals surface area contributed by atoms with E-state index in [1.807, 2.05) is 24.8 Å². The smallest absolute Gasteiger partial charge is 0.257 e.